The normalized spacial score (nSPS) is 46.6. The second-order valence-corrected chi connectivity index (χ2v) is 15.6. The molecule has 0 aromatic heterocycles. The van der Waals surface area contributed by atoms with Gasteiger partial charge in [0.15, 0.2) is 55.9 Å². The van der Waals surface area contributed by atoms with Crippen molar-refractivity contribution < 1.29 is 147 Å². The number of aliphatic carboxylic acids is 2. The molecule has 5 aliphatic heterocycles. The highest BCUT2D eigenvalue weighted by molar-refractivity contribution is 5.74. The third-order valence-electron chi connectivity index (χ3n) is 11.3. The summed E-state index contributed by atoms with van der Waals surface area (Å²) in [6, 6.07) is 0. The Morgan fingerprint density at radius 3 is 1.23 bits per heavy atom. The minimum absolute atomic E-state index is 0.895. The molecule has 66 heavy (non-hydrogen) atoms. The summed E-state index contributed by atoms with van der Waals surface area (Å²) in [4.78, 5) is 49.3. The van der Waals surface area contributed by atoms with E-state index >= 15 is 0 Å². The molecule has 0 aliphatic carbocycles. The largest absolute Gasteiger partial charge is 0.479 e. The van der Waals surface area contributed by atoms with Crippen molar-refractivity contribution in [2.45, 2.75) is 167 Å². The van der Waals surface area contributed by atoms with E-state index in [1.807, 2.05) is 0 Å². The minimum atomic E-state index is -2.27. The van der Waals surface area contributed by atoms with Crippen molar-refractivity contribution in [2.75, 3.05) is 34.0 Å². The van der Waals surface area contributed by atoms with Gasteiger partial charge in [-0.1, -0.05) is 0 Å². The minimum Gasteiger partial charge on any atom is -0.479 e. The molecule has 5 rings (SSSR count). The molecule has 0 unspecified atom stereocenters. The molecular weight excluding hydrogens is 912 g/mol. The van der Waals surface area contributed by atoms with E-state index in [4.69, 9.17) is 61.6 Å². The van der Waals surface area contributed by atoms with Crippen LogP contribution in [-0.4, -0.2) is 278 Å². The van der Waals surface area contributed by atoms with Gasteiger partial charge in [-0.15, -0.1) is 0 Å². The van der Waals surface area contributed by atoms with Crippen molar-refractivity contribution >= 4 is 23.9 Å². The van der Waals surface area contributed by atoms with Crippen LogP contribution in [-0.2, 0) is 80.8 Å². The van der Waals surface area contributed by atoms with Gasteiger partial charge < -0.3 is 128 Å². The fraction of sp³-hybridized carbons (Fsp3) is 0.889. The van der Waals surface area contributed by atoms with Crippen molar-refractivity contribution in [1.82, 2.24) is 0 Å². The van der Waals surface area contributed by atoms with E-state index in [0.717, 1.165) is 28.1 Å². The number of methoxy groups -OCH3 is 2. The van der Waals surface area contributed by atoms with Crippen LogP contribution in [0.2, 0.25) is 0 Å². The summed E-state index contributed by atoms with van der Waals surface area (Å²) in [5, 5.41) is 136. The molecule has 0 saturated carbocycles. The first-order valence-electron chi connectivity index (χ1n) is 20.2. The number of carbonyl (C=O) groups excluding carboxylic acids is 2. The van der Waals surface area contributed by atoms with Crippen LogP contribution in [0.5, 0.6) is 0 Å². The van der Waals surface area contributed by atoms with Gasteiger partial charge in [0.2, 0.25) is 0 Å². The quantitative estimate of drug-likeness (QED) is 0.0602. The molecule has 13 N–H and O–H groups in total. The van der Waals surface area contributed by atoms with Gasteiger partial charge in [-0.05, 0) is 0 Å². The molecule has 25 atom stereocenters. The second-order valence-electron chi connectivity index (χ2n) is 15.6. The summed E-state index contributed by atoms with van der Waals surface area (Å²) >= 11 is 0. The van der Waals surface area contributed by atoms with Gasteiger partial charge in [0.25, 0.3) is 0 Å². The number of aliphatic hydroxyl groups is 11. The molecule has 0 aromatic rings. The van der Waals surface area contributed by atoms with Gasteiger partial charge >= 0.3 is 23.9 Å². The zero-order valence-electron chi connectivity index (χ0n) is 35.3. The number of carboxylic acid groups (broad SMARTS) is 2. The van der Waals surface area contributed by atoms with Gasteiger partial charge in [-0.25, -0.2) is 9.59 Å². The van der Waals surface area contributed by atoms with Gasteiger partial charge in [-0.2, -0.15) is 0 Å². The van der Waals surface area contributed by atoms with Crippen molar-refractivity contribution in [3.8, 4) is 0 Å². The summed E-state index contributed by atoms with van der Waals surface area (Å²) in [7, 11) is 2.00. The summed E-state index contributed by atoms with van der Waals surface area (Å²) in [6.07, 6.45) is -48.5. The van der Waals surface area contributed by atoms with E-state index in [1.54, 1.807) is 0 Å². The number of aliphatic hydroxyl groups excluding tert-OH is 11. The fourth-order valence-electron chi connectivity index (χ4n) is 8.10. The molecule has 0 bridgehead atoms. The molecule has 30 heteroatoms. The van der Waals surface area contributed by atoms with E-state index < -0.39 is 197 Å². The molecule has 0 spiro atoms. The maximum Gasteiger partial charge on any atom is 0.335 e. The Kier molecular flexibility index (Phi) is 18.9. The van der Waals surface area contributed by atoms with Crippen LogP contribution >= 0.6 is 0 Å². The van der Waals surface area contributed by atoms with Crippen LogP contribution in [0.25, 0.3) is 0 Å². The lowest BCUT2D eigenvalue weighted by Gasteiger charge is -2.50. The topological polar surface area (TPSA) is 451 Å². The number of carbonyl (C=O) groups is 4. The molecule has 30 nitrogen and oxygen atoms in total. The predicted octanol–water partition coefficient (Wildman–Crippen LogP) is -9.29. The Bertz CT molecular complexity index is 1620. The molecular formula is C36H56O30. The van der Waals surface area contributed by atoms with E-state index in [1.165, 1.54) is 0 Å². The fourth-order valence-corrected chi connectivity index (χ4v) is 8.10. The SMILES string of the molecule is CO[C@@H]1[C@@H](OC(C)=O)[C@H](O[C@H]2[C@H](O)[C@@H](O)[C@@H](O[C@H]3[C@H](OC)[C@@H](O)[C@H](O[C@H]4[C@H](O)[C@@H](O)[C@@H](O)O[C@@H]4CO)O[C@H]3C(=O)O)O[C@@H]2CO)O[C@H](C(=O)O)[C@H]1O[C@H]1O[C@H](CO)[C@@H](OC(C)=O)[C@H](O)[C@H]1O. The third-order valence-corrected chi connectivity index (χ3v) is 11.3. The molecule has 380 valence electrons. The van der Waals surface area contributed by atoms with E-state index in [2.05, 4.69) is 0 Å². The second kappa shape index (κ2) is 23.1. The summed E-state index contributed by atoms with van der Waals surface area (Å²) < 4.78 is 71.3. The van der Waals surface area contributed by atoms with Gasteiger partial charge in [0, 0.05) is 28.1 Å². The zero-order valence-corrected chi connectivity index (χ0v) is 35.3. The average molecular weight is 969 g/mol. The van der Waals surface area contributed by atoms with Crippen LogP contribution in [0.4, 0.5) is 0 Å². The Morgan fingerprint density at radius 1 is 0.409 bits per heavy atom. The Morgan fingerprint density at radius 2 is 0.773 bits per heavy atom. The van der Waals surface area contributed by atoms with Crippen LogP contribution < -0.4 is 0 Å². The molecule has 5 saturated heterocycles. The van der Waals surface area contributed by atoms with Crippen molar-refractivity contribution in [1.29, 1.82) is 0 Å². The molecule has 5 fully saturated rings. The Labute approximate surface area is 372 Å². The van der Waals surface area contributed by atoms with Crippen LogP contribution in [0.15, 0.2) is 0 Å². The first-order valence-corrected chi connectivity index (χ1v) is 20.2. The molecule has 0 amide bonds. The zero-order chi connectivity index (χ0) is 49.1. The van der Waals surface area contributed by atoms with Gasteiger partial charge in [0.1, 0.15) is 97.7 Å². The van der Waals surface area contributed by atoms with Gasteiger partial charge in [0.05, 0.1) is 19.8 Å². The monoisotopic (exact) mass is 968 g/mol. The summed E-state index contributed by atoms with van der Waals surface area (Å²) in [5.74, 6) is -5.56. The number of hydrogen-bond acceptors (Lipinski definition) is 28. The smallest absolute Gasteiger partial charge is 0.335 e. The van der Waals surface area contributed by atoms with Crippen molar-refractivity contribution in [3.05, 3.63) is 0 Å². The van der Waals surface area contributed by atoms with Gasteiger partial charge in [-0.3, -0.25) is 9.59 Å². The Balaban J connectivity index is 1.35. The maximum absolute atomic E-state index is 12.7. The highest BCUT2D eigenvalue weighted by Gasteiger charge is 2.59. The van der Waals surface area contributed by atoms with Crippen LogP contribution in [0.3, 0.4) is 0 Å². The van der Waals surface area contributed by atoms with E-state index in [0.29, 0.717) is 0 Å². The number of esters is 2. The first kappa shape index (κ1) is 53.9. The lowest BCUT2D eigenvalue weighted by atomic mass is 9.95. The molecule has 5 heterocycles. The highest BCUT2D eigenvalue weighted by Crippen LogP contribution is 2.37. The van der Waals surface area contributed by atoms with Crippen LogP contribution in [0.1, 0.15) is 13.8 Å². The maximum atomic E-state index is 12.7. The average Bonchev–Trinajstić information content (AvgIpc) is 3.26. The lowest BCUT2D eigenvalue weighted by Crippen LogP contribution is -2.69. The number of hydrogen-bond donors (Lipinski definition) is 13. The summed E-state index contributed by atoms with van der Waals surface area (Å²) in [5.41, 5.74) is 0. The van der Waals surface area contributed by atoms with Crippen LogP contribution in [0, 0.1) is 0 Å². The number of ether oxygens (including phenoxy) is 13. The molecule has 5 aliphatic rings. The number of carboxylic acids is 2. The predicted molar refractivity (Wildman–Crippen MR) is 196 cm³/mol. The Hall–Kier alpha value is -3.00. The molecule has 0 aromatic carbocycles. The molecule has 0 radical (unpaired) electrons. The number of rotatable bonds is 17. The van der Waals surface area contributed by atoms with Crippen molar-refractivity contribution in [3.63, 3.8) is 0 Å². The van der Waals surface area contributed by atoms with Crippen molar-refractivity contribution in [2.24, 2.45) is 0 Å². The summed E-state index contributed by atoms with van der Waals surface area (Å²) in [6.45, 7) is -0.978. The first-order chi connectivity index (χ1) is 31.1. The highest BCUT2D eigenvalue weighted by atomic mass is 16.8. The van der Waals surface area contributed by atoms with E-state index in [-0.39, 0.29) is 0 Å². The third kappa shape index (κ3) is 11.4. The standard InChI is InChI=1S/C36H56O30/c1-8(40)56-20-11(6-38)59-34(17(46)14(20)43)64-26-24(55-4)29(57-9(2)41)36(66-28(26)31(51)52)62-22-12(7-39)60-33(18(47)15(22)44)63-25-23(54-3)19(48)35(65-27(25)30(49)50)61-21-10(5-37)58-32(53)16(45)13(21)42/h10-29,32-39,42-48,53H,5-7H2,1-4H3,(H,49,50)(H,51,52)/t10-,11-,12-,13-,14-,15-,16-,17-,18-,19-,20-,21-,22-,23-,24+,25+,26+,27-,28+,29-,32+,33-,34-,35-,36-/m1/s1. The lowest BCUT2D eigenvalue weighted by molar-refractivity contribution is -0.389. The van der Waals surface area contributed by atoms with E-state index in [9.17, 15) is 85.6 Å².